The summed E-state index contributed by atoms with van der Waals surface area (Å²) in [5.74, 6) is 1.35. The Morgan fingerprint density at radius 1 is 0.933 bits per heavy atom. The van der Waals surface area contributed by atoms with Crippen molar-refractivity contribution in [1.29, 1.82) is 5.26 Å². The first kappa shape index (κ1) is 20.9. The molecule has 0 saturated heterocycles. The zero-order chi connectivity index (χ0) is 21.5. The van der Waals surface area contributed by atoms with E-state index in [2.05, 4.69) is 30.6 Å². The molecule has 3 aromatic rings. The Morgan fingerprint density at radius 2 is 1.60 bits per heavy atom. The van der Waals surface area contributed by atoms with Crippen LogP contribution in [0.2, 0.25) is 0 Å². The first-order chi connectivity index (χ1) is 14.5. The normalized spacial score (nSPS) is 11.4. The van der Waals surface area contributed by atoms with Crippen LogP contribution in [0.3, 0.4) is 0 Å². The molecule has 0 radical (unpaired) electrons. The maximum absolute atomic E-state index is 12.6. The molecule has 0 saturated carbocycles. The minimum absolute atomic E-state index is 0.105. The molecule has 1 atom stereocenters. The van der Waals surface area contributed by atoms with Gasteiger partial charge in [0.2, 0.25) is 5.91 Å². The Hall–Kier alpha value is -3.78. The van der Waals surface area contributed by atoms with Gasteiger partial charge in [0, 0.05) is 11.4 Å². The van der Waals surface area contributed by atoms with Gasteiger partial charge in [-0.05, 0) is 60.9 Å². The lowest BCUT2D eigenvalue weighted by Crippen LogP contribution is -2.32. The van der Waals surface area contributed by atoms with E-state index in [9.17, 15) is 4.79 Å². The maximum Gasteiger partial charge on any atom is 0.246 e. The van der Waals surface area contributed by atoms with Gasteiger partial charge < -0.3 is 15.4 Å². The first-order valence-electron chi connectivity index (χ1n) is 9.91. The highest BCUT2D eigenvalue weighted by Gasteiger charge is 2.15. The number of nitrogens with zero attached hydrogens (tertiary/aromatic N) is 1. The quantitative estimate of drug-likeness (QED) is 0.518. The van der Waals surface area contributed by atoms with Gasteiger partial charge in [0.25, 0.3) is 0 Å². The average molecular weight is 399 g/mol. The minimum atomic E-state index is -0.420. The predicted octanol–water partition coefficient (Wildman–Crippen LogP) is 5.91. The molecule has 0 aliphatic carbocycles. The van der Waals surface area contributed by atoms with Crippen LogP contribution in [0.4, 0.5) is 11.4 Å². The van der Waals surface area contributed by atoms with Gasteiger partial charge in [-0.25, -0.2) is 0 Å². The van der Waals surface area contributed by atoms with Crippen molar-refractivity contribution in [3.05, 3.63) is 83.9 Å². The van der Waals surface area contributed by atoms with Crippen LogP contribution < -0.4 is 15.4 Å². The second kappa shape index (κ2) is 9.62. The number of carbonyl (C=O) groups is 1. The van der Waals surface area contributed by atoms with Gasteiger partial charge >= 0.3 is 0 Å². The van der Waals surface area contributed by atoms with Gasteiger partial charge in [-0.1, -0.05) is 44.2 Å². The fourth-order valence-corrected chi connectivity index (χ4v) is 3.07. The van der Waals surface area contributed by atoms with Crippen molar-refractivity contribution in [1.82, 2.24) is 0 Å². The molecule has 5 nitrogen and oxygen atoms in total. The summed E-state index contributed by atoms with van der Waals surface area (Å²) in [6.45, 7) is 6.03. The standard InChI is InChI=1S/C25H25N3O2/c1-17(2)22-9-5-6-10-23(22)28-25(29)18(3)27-20-12-14-21(15-13-20)30-24-11-7-4-8-19(24)16-26/h4-15,17-18,27H,1-3H3,(H,28,29). The highest BCUT2D eigenvalue weighted by Crippen LogP contribution is 2.26. The Kier molecular flexibility index (Phi) is 6.71. The number of amides is 1. The zero-order valence-corrected chi connectivity index (χ0v) is 17.3. The Bertz CT molecular complexity index is 1050. The van der Waals surface area contributed by atoms with E-state index in [0.29, 0.717) is 23.0 Å². The summed E-state index contributed by atoms with van der Waals surface area (Å²) in [4.78, 5) is 12.6. The van der Waals surface area contributed by atoms with E-state index >= 15 is 0 Å². The van der Waals surface area contributed by atoms with Gasteiger partial charge in [-0.2, -0.15) is 5.26 Å². The van der Waals surface area contributed by atoms with E-state index in [1.165, 1.54) is 0 Å². The third-order valence-electron chi connectivity index (χ3n) is 4.71. The topological polar surface area (TPSA) is 74.1 Å². The molecule has 3 rings (SSSR count). The molecule has 0 aromatic heterocycles. The highest BCUT2D eigenvalue weighted by molar-refractivity contribution is 5.96. The molecule has 0 fully saturated rings. The Balaban J connectivity index is 1.62. The van der Waals surface area contributed by atoms with Gasteiger partial charge in [0.15, 0.2) is 0 Å². The van der Waals surface area contributed by atoms with Crippen molar-refractivity contribution in [3.8, 4) is 17.6 Å². The van der Waals surface area contributed by atoms with E-state index < -0.39 is 6.04 Å². The summed E-state index contributed by atoms with van der Waals surface area (Å²) in [6, 6.07) is 23.9. The van der Waals surface area contributed by atoms with Crippen LogP contribution in [0, 0.1) is 11.3 Å². The van der Waals surface area contributed by atoms with Gasteiger partial charge in [0.1, 0.15) is 23.6 Å². The SMILES string of the molecule is CC(Nc1ccc(Oc2ccccc2C#N)cc1)C(=O)Nc1ccccc1C(C)C. The van der Waals surface area contributed by atoms with Crippen molar-refractivity contribution < 1.29 is 9.53 Å². The fourth-order valence-electron chi connectivity index (χ4n) is 3.07. The van der Waals surface area contributed by atoms with Crippen LogP contribution in [0.1, 0.15) is 37.8 Å². The molecule has 1 amide bonds. The Labute approximate surface area is 177 Å². The maximum atomic E-state index is 12.6. The van der Waals surface area contributed by atoms with Crippen LogP contribution in [0.5, 0.6) is 11.5 Å². The number of benzene rings is 3. The van der Waals surface area contributed by atoms with Gasteiger partial charge in [-0.3, -0.25) is 4.79 Å². The average Bonchev–Trinajstić information content (AvgIpc) is 2.75. The smallest absolute Gasteiger partial charge is 0.246 e. The molecular weight excluding hydrogens is 374 g/mol. The molecule has 3 aromatic carbocycles. The number of hydrogen-bond donors (Lipinski definition) is 2. The number of hydrogen-bond acceptors (Lipinski definition) is 4. The predicted molar refractivity (Wildman–Crippen MR) is 120 cm³/mol. The summed E-state index contributed by atoms with van der Waals surface area (Å²) in [5, 5.41) is 15.4. The number of nitriles is 1. The first-order valence-corrected chi connectivity index (χ1v) is 9.91. The van der Waals surface area contributed by atoms with E-state index in [1.54, 1.807) is 30.3 Å². The van der Waals surface area contributed by atoms with E-state index in [0.717, 1.165) is 16.9 Å². The Morgan fingerprint density at radius 3 is 2.30 bits per heavy atom. The fraction of sp³-hybridized carbons (Fsp3) is 0.200. The lowest BCUT2D eigenvalue weighted by atomic mass is 10.0. The van der Waals surface area contributed by atoms with Crippen molar-refractivity contribution in [2.75, 3.05) is 10.6 Å². The van der Waals surface area contributed by atoms with E-state index in [4.69, 9.17) is 10.00 Å². The molecule has 0 aliphatic rings. The molecule has 0 bridgehead atoms. The van der Waals surface area contributed by atoms with E-state index in [-0.39, 0.29) is 5.91 Å². The molecular formula is C25H25N3O2. The number of carbonyl (C=O) groups excluding carboxylic acids is 1. The van der Waals surface area contributed by atoms with Crippen LogP contribution in [-0.4, -0.2) is 11.9 Å². The lowest BCUT2D eigenvalue weighted by Gasteiger charge is -2.18. The molecule has 0 heterocycles. The number of rotatable bonds is 7. The summed E-state index contributed by atoms with van der Waals surface area (Å²) < 4.78 is 5.79. The number of anilines is 2. The van der Waals surface area contributed by atoms with Gasteiger partial charge in [-0.15, -0.1) is 0 Å². The summed E-state index contributed by atoms with van der Waals surface area (Å²) in [7, 11) is 0. The van der Waals surface area contributed by atoms with Crippen molar-refractivity contribution in [3.63, 3.8) is 0 Å². The monoisotopic (exact) mass is 399 g/mol. The summed E-state index contributed by atoms with van der Waals surface area (Å²) in [5.41, 5.74) is 3.23. The van der Waals surface area contributed by atoms with Crippen LogP contribution >= 0.6 is 0 Å². The van der Waals surface area contributed by atoms with E-state index in [1.807, 2.05) is 49.4 Å². The van der Waals surface area contributed by atoms with Crippen LogP contribution in [0.25, 0.3) is 0 Å². The number of nitrogens with one attached hydrogen (secondary N) is 2. The molecule has 1 unspecified atom stereocenters. The second-order valence-corrected chi connectivity index (χ2v) is 7.33. The van der Waals surface area contributed by atoms with Crippen molar-refractivity contribution in [2.45, 2.75) is 32.7 Å². The van der Waals surface area contributed by atoms with Crippen molar-refractivity contribution in [2.24, 2.45) is 0 Å². The van der Waals surface area contributed by atoms with Crippen LogP contribution in [-0.2, 0) is 4.79 Å². The molecule has 0 spiro atoms. The minimum Gasteiger partial charge on any atom is -0.456 e. The molecule has 30 heavy (non-hydrogen) atoms. The summed E-state index contributed by atoms with van der Waals surface area (Å²) in [6.07, 6.45) is 0. The van der Waals surface area contributed by atoms with Gasteiger partial charge in [0.05, 0.1) is 5.56 Å². The molecule has 2 N–H and O–H groups in total. The lowest BCUT2D eigenvalue weighted by molar-refractivity contribution is -0.116. The molecule has 5 heteroatoms. The third-order valence-corrected chi connectivity index (χ3v) is 4.71. The number of ether oxygens (including phenoxy) is 1. The summed E-state index contributed by atoms with van der Waals surface area (Å²) >= 11 is 0. The van der Waals surface area contributed by atoms with Crippen LogP contribution in [0.15, 0.2) is 72.8 Å². The highest BCUT2D eigenvalue weighted by atomic mass is 16.5. The number of para-hydroxylation sites is 2. The second-order valence-electron chi connectivity index (χ2n) is 7.33. The third kappa shape index (κ3) is 5.18. The largest absolute Gasteiger partial charge is 0.456 e. The molecule has 152 valence electrons. The van der Waals surface area contributed by atoms with Crippen molar-refractivity contribution >= 4 is 17.3 Å². The molecule has 0 aliphatic heterocycles. The zero-order valence-electron chi connectivity index (χ0n) is 17.3.